The number of carbonyl (C=O) groups excluding carboxylic acids is 3. The Morgan fingerprint density at radius 1 is 0.923 bits per heavy atom. The predicted octanol–water partition coefficient (Wildman–Crippen LogP) is 4.36. The number of amides is 3. The molecule has 0 aliphatic carbocycles. The number of piperazine rings is 1. The predicted molar refractivity (Wildman–Crippen MR) is 151 cm³/mol. The third-order valence-corrected chi connectivity index (χ3v) is 8.30. The number of para-hydroxylation sites is 2. The average molecular weight is 645 g/mol. The van der Waals surface area contributed by atoms with Gasteiger partial charge < -0.3 is 25.1 Å². The van der Waals surface area contributed by atoms with Gasteiger partial charge in [0, 0.05) is 27.3 Å². The van der Waals surface area contributed by atoms with Gasteiger partial charge in [-0.05, 0) is 44.5 Å². The molecular formula is C28H26F2IN5O3. The van der Waals surface area contributed by atoms with E-state index in [0.29, 0.717) is 41.5 Å². The van der Waals surface area contributed by atoms with E-state index >= 15 is 0 Å². The summed E-state index contributed by atoms with van der Waals surface area (Å²) in [5, 5.41) is 4.05. The first kappa shape index (κ1) is 25.8. The number of likely N-dealkylation sites (tertiary alicyclic amines) is 2. The number of fused-ring (bicyclic) bond motifs is 4. The van der Waals surface area contributed by atoms with Gasteiger partial charge in [0.1, 0.15) is 29.1 Å². The zero-order valence-corrected chi connectivity index (χ0v) is 23.4. The average Bonchev–Trinajstić information content (AvgIpc) is 3.68. The molecule has 0 spiro atoms. The Labute approximate surface area is 236 Å². The van der Waals surface area contributed by atoms with Crippen LogP contribution in [0.2, 0.25) is 0 Å². The van der Waals surface area contributed by atoms with Crippen molar-refractivity contribution < 1.29 is 23.2 Å². The van der Waals surface area contributed by atoms with Crippen molar-refractivity contribution in [1.29, 1.82) is 0 Å². The number of benzene rings is 2. The summed E-state index contributed by atoms with van der Waals surface area (Å²) in [6.45, 7) is 4.43. The number of aromatic amines is 2. The maximum absolute atomic E-state index is 14.1. The molecule has 8 nitrogen and oxygen atoms in total. The zero-order chi connectivity index (χ0) is 27.6. The lowest BCUT2D eigenvalue weighted by Gasteiger charge is -2.38. The van der Waals surface area contributed by atoms with E-state index in [4.69, 9.17) is 0 Å². The highest BCUT2D eigenvalue weighted by molar-refractivity contribution is 14.1. The van der Waals surface area contributed by atoms with Gasteiger partial charge in [-0.1, -0.05) is 46.9 Å². The first-order valence-electron chi connectivity index (χ1n) is 12.7. The number of nitrogens with zero attached hydrogens (tertiary/aromatic N) is 2. The fourth-order valence-electron chi connectivity index (χ4n) is 5.72. The van der Waals surface area contributed by atoms with Crippen molar-refractivity contribution >= 4 is 62.1 Å². The maximum Gasteiger partial charge on any atom is 0.270 e. The second-order valence-corrected chi connectivity index (χ2v) is 13.5. The molecule has 4 heterocycles. The third-order valence-electron chi connectivity index (χ3n) is 7.68. The van der Waals surface area contributed by atoms with Gasteiger partial charge in [-0.25, -0.2) is 8.78 Å². The number of rotatable bonds is 5. The number of alkyl halides is 1. The highest BCUT2D eigenvalue weighted by atomic mass is 127. The zero-order valence-electron chi connectivity index (χ0n) is 21.2. The summed E-state index contributed by atoms with van der Waals surface area (Å²) in [4.78, 5) is 49.4. The molecule has 2 saturated heterocycles. The Hall–Kier alpha value is -3.48. The fourth-order valence-corrected chi connectivity index (χ4v) is 6.14. The molecule has 6 rings (SSSR count). The van der Waals surface area contributed by atoms with Crippen molar-refractivity contribution in [2.24, 2.45) is 0 Å². The van der Waals surface area contributed by atoms with Crippen LogP contribution in [-0.4, -0.2) is 72.1 Å². The summed E-state index contributed by atoms with van der Waals surface area (Å²) in [5.41, 5.74) is 1.01. The van der Waals surface area contributed by atoms with Gasteiger partial charge in [-0.2, -0.15) is 0 Å². The summed E-state index contributed by atoms with van der Waals surface area (Å²) < 4.78 is 27.6. The maximum atomic E-state index is 14.1. The van der Waals surface area contributed by atoms with E-state index in [1.165, 1.54) is 12.1 Å². The molecule has 0 radical (unpaired) electrons. The Morgan fingerprint density at radius 3 is 2.00 bits per heavy atom. The fraction of sp³-hybridized carbons (Fsp3) is 0.321. The lowest BCUT2D eigenvalue weighted by Crippen LogP contribution is -2.60. The van der Waals surface area contributed by atoms with Crippen LogP contribution in [0.3, 0.4) is 0 Å². The second-order valence-electron chi connectivity index (χ2n) is 10.7. The first-order chi connectivity index (χ1) is 18.5. The minimum Gasteiger partial charge on any atom is -0.348 e. The van der Waals surface area contributed by atoms with E-state index in [9.17, 15) is 23.2 Å². The summed E-state index contributed by atoms with van der Waals surface area (Å²) in [5.74, 6) is -1.83. The van der Waals surface area contributed by atoms with Crippen molar-refractivity contribution in [2.45, 2.75) is 41.8 Å². The van der Waals surface area contributed by atoms with Crippen LogP contribution in [0.5, 0.6) is 0 Å². The molecule has 2 aromatic carbocycles. The molecule has 3 N–H and O–H groups in total. The van der Waals surface area contributed by atoms with Gasteiger partial charge in [0.25, 0.3) is 11.8 Å². The van der Waals surface area contributed by atoms with Crippen molar-refractivity contribution in [1.82, 2.24) is 25.1 Å². The molecule has 39 heavy (non-hydrogen) atoms. The standard InChI is InChI=1S/C28H26F2IN5O3/c1-28(2,31)24(34-25(37)20-9-14-5-3-7-18(29)22(14)32-20)27(39)36-13-16-11-17(36)12-35(16)26(38)21-10-15-6-4-8-19(30)23(15)33-21/h3-10,16-17,24,32-33H,11-13H2,1-2H3,(H,34,37)/t16-,17+,24+/m0/s1. The molecular weight excluding hydrogens is 619 g/mol. The Morgan fingerprint density at radius 2 is 1.46 bits per heavy atom. The lowest BCUT2D eigenvalue weighted by atomic mass is 10.0. The highest BCUT2D eigenvalue weighted by Gasteiger charge is 2.50. The van der Waals surface area contributed by atoms with Crippen molar-refractivity contribution in [3.05, 3.63) is 71.6 Å². The van der Waals surface area contributed by atoms with Crippen molar-refractivity contribution in [2.75, 3.05) is 13.1 Å². The van der Waals surface area contributed by atoms with Crippen molar-refractivity contribution in [3.63, 3.8) is 0 Å². The smallest absolute Gasteiger partial charge is 0.270 e. The molecule has 2 bridgehead atoms. The molecule has 2 fully saturated rings. The van der Waals surface area contributed by atoms with Crippen LogP contribution < -0.4 is 5.32 Å². The van der Waals surface area contributed by atoms with Crippen LogP contribution in [-0.2, 0) is 4.79 Å². The second kappa shape index (κ2) is 9.32. The first-order valence-corrected chi connectivity index (χ1v) is 13.7. The Bertz CT molecular complexity index is 1640. The summed E-state index contributed by atoms with van der Waals surface area (Å²) in [7, 11) is 0. The molecule has 2 aliphatic heterocycles. The normalized spacial score (nSPS) is 19.7. The van der Waals surface area contributed by atoms with Gasteiger partial charge in [0.2, 0.25) is 5.91 Å². The molecule has 2 aliphatic rings. The van der Waals surface area contributed by atoms with Gasteiger partial charge in [0.05, 0.1) is 23.1 Å². The quantitative estimate of drug-likeness (QED) is 0.222. The molecule has 4 aromatic rings. The van der Waals surface area contributed by atoms with Crippen LogP contribution >= 0.6 is 22.6 Å². The number of halogens is 3. The molecule has 2 aromatic heterocycles. The third kappa shape index (κ3) is 4.46. The van der Waals surface area contributed by atoms with Gasteiger partial charge >= 0.3 is 0 Å². The summed E-state index contributed by atoms with van der Waals surface area (Å²) in [6.07, 6.45) is 0.635. The molecule has 3 amide bonds. The topological polar surface area (TPSA) is 101 Å². The van der Waals surface area contributed by atoms with E-state index < -0.39 is 27.0 Å². The highest BCUT2D eigenvalue weighted by Crippen LogP contribution is 2.35. The number of aromatic nitrogens is 2. The van der Waals surface area contributed by atoms with E-state index in [0.717, 1.165) is 0 Å². The van der Waals surface area contributed by atoms with E-state index in [1.54, 1.807) is 46.2 Å². The van der Waals surface area contributed by atoms with Gasteiger partial charge in [-0.15, -0.1) is 0 Å². The molecule has 0 saturated carbocycles. The molecule has 11 heteroatoms. The summed E-state index contributed by atoms with van der Waals surface area (Å²) >= 11 is 2.14. The van der Waals surface area contributed by atoms with Crippen LogP contribution in [0.4, 0.5) is 8.78 Å². The monoisotopic (exact) mass is 645 g/mol. The lowest BCUT2D eigenvalue weighted by molar-refractivity contribution is -0.135. The number of hydrogen-bond donors (Lipinski definition) is 3. The van der Waals surface area contributed by atoms with Crippen LogP contribution in [0.15, 0.2) is 48.5 Å². The number of nitrogens with one attached hydrogen (secondary N) is 3. The number of carbonyl (C=O) groups is 3. The van der Waals surface area contributed by atoms with E-state index in [2.05, 4.69) is 37.9 Å². The minimum atomic E-state index is -0.845. The van der Waals surface area contributed by atoms with Crippen LogP contribution in [0, 0.1) is 11.6 Å². The molecule has 202 valence electrons. The number of H-pyrrole nitrogens is 2. The Balaban J connectivity index is 1.17. The summed E-state index contributed by atoms with van der Waals surface area (Å²) in [6, 6.07) is 11.3. The SMILES string of the molecule is CC(C)(I)[C@H](NC(=O)c1cc2cccc(F)c2[nH]1)C(=O)N1C[C@@H]2C[C@@H]1CN2C(=O)c1cc2cccc(F)c2[nH]1. The minimum absolute atomic E-state index is 0.169. The molecule has 0 unspecified atom stereocenters. The van der Waals surface area contributed by atoms with Crippen molar-refractivity contribution in [3.8, 4) is 0 Å². The van der Waals surface area contributed by atoms with E-state index in [1.807, 2.05) is 13.8 Å². The van der Waals surface area contributed by atoms with Gasteiger partial charge in [-0.3, -0.25) is 14.4 Å². The van der Waals surface area contributed by atoms with E-state index in [-0.39, 0.29) is 35.1 Å². The van der Waals surface area contributed by atoms with Crippen LogP contribution in [0.1, 0.15) is 41.2 Å². The van der Waals surface area contributed by atoms with Gasteiger partial charge in [0.15, 0.2) is 0 Å². The van der Waals surface area contributed by atoms with Crippen LogP contribution in [0.25, 0.3) is 21.8 Å². The molecule has 3 atom stereocenters. The number of hydrogen-bond acceptors (Lipinski definition) is 3. The largest absolute Gasteiger partial charge is 0.348 e. The Kier molecular flexibility index (Phi) is 6.16.